The maximum atomic E-state index is 12.5. The van der Waals surface area contributed by atoms with Crippen molar-refractivity contribution in [2.24, 2.45) is 17.3 Å². The largest absolute Gasteiger partial charge is 0.462 e. The Kier molecular flexibility index (Phi) is 8.96. The van der Waals surface area contributed by atoms with E-state index in [1.165, 1.54) is 44.9 Å². The van der Waals surface area contributed by atoms with Crippen LogP contribution in [0.15, 0.2) is 0 Å². The molecule has 0 amide bonds. The van der Waals surface area contributed by atoms with Crippen LogP contribution in [0.3, 0.4) is 0 Å². The van der Waals surface area contributed by atoms with Crippen molar-refractivity contribution < 1.29 is 9.53 Å². The summed E-state index contributed by atoms with van der Waals surface area (Å²) >= 11 is 0. The van der Waals surface area contributed by atoms with Crippen molar-refractivity contribution >= 4 is 5.97 Å². The van der Waals surface area contributed by atoms with Gasteiger partial charge in [-0.15, -0.1) is 0 Å². The molecule has 2 rings (SSSR count). The van der Waals surface area contributed by atoms with E-state index < -0.39 is 0 Å². The monoisotopic (exact) mass is 361 g/mol. The van der Waals surface area contributed by atoms with E-state index in [1.807, 2.05) is 0 Å². The van der Waals surface area contributed by atoms with Crippen LogP contribution in [0.1, 0.15) is 110 Å². The number of hydrogen-bond donors (Lipinski definition) is 0. The Labute approximate surface area is 160 Å². The SMILES string of the molecule is CCCCCC[C@H]1CC[C@H](C(=O)O[C@H]2CC[C@](C#N)(CCC)CC2)CC1. The highest BCUT2D eigenvalue weighted by Gasteiger charge is 2.37. The van der Waals surface area contributed by atoms with Gasteiger partial charge < -0.3 is 4.74 Å². The molecule has 0 aromatic carbocycles. The molecule has 0 aromatic rings. The number of carbonyl (C=O) groups is 1. The van der Waals surface area contributed by atoms with Gasteiger partial charge in [0, 0.05) is 0 Å². The van der Waals surface area contributed by atoms with E-state index in [4.69, 9.17) is 4.74 Å². The van der Waals surface area contributed by atoms with E-state index in [0.29, 0.717) is 0 Å². The second kappa shape index (κ2) is 11.0. The molecule has 0 N–H and O–H groups in total. The lowest BCUT2D eigenvalue weighted by Crippen LogP contribution is -2.33. The fourth-order valence-corrected chi connectivity index (χ4v) is 4.97. The molecule has 0 aromatic heterocycles. The third-order valence-electron chi connectivity index (χ3n) is 6.78. The smallest absolute Gasteiger partial charge is 0.309 e. The second-order valence-electron chi connectivity index (χ2n) is 8.85. The predicted molar refractivity (Wildman–Crippen MR) is 106 cm³/mol. The molecule has 0 atom stereocenters. The zero-order chi connectivity index (χ0) is 18.8. The van der Waals surface area contributed by atoms with Gasteiger partial charge in [-0.2, -0.15) is 5.26 Å². The summed E-state index contributed by atoms with van der Waals surface area (Å²) in [6.07, 6.45) is 16.7. The molecule has 3 nitrogen and oxygen atoms in total. The standard InChI is InChI=1S/C23H39NO2/c1-3-5-6-7-8-19-9-11-20(12-10-19)22(25)26-21-13-16-23(18-24,15-4-2)17-14-21/h19-21H,3-17H2,1-2H3/t19-,20-,21-,23+. The number of rotatable bonds is 9. The Morgan fingerprint density at radius 2 is 1.69 bits per heavy atom. The van der Waals surface area contributed by atoms with Gasteiger partial charge in [0.2, 0.25) is 0 Å². The molecule has 3 heteroatoms. The van der Waals surface area contributed by atoms with Gasteiger partial charge in [-0.25, -0.2) is 0 Å². The van der Waals surface area contributed by atoms with E-state index in [1.54, 1.807) is 0 Å². The molecule has 2 aliphatic carbocycles. The van der Waals surface area contributed by atoms with Gasteiger partial charge in [-0.05, 0) is 63.7 Å². The number of unbranched alkanes of at least 4 members (excludes halogenated alkanes) is 3. The number of esters is 1. The van der Waals surface area contributed by atoms with Gasteiger partial charge in [-0.1, -0.05) is 52.4 Å². The molecule has 2 aliphatic rings. The molecule has 2 saturated carbocycles. The van der Waals surface area contributed by atoms with Gasteiger partial charge in [-0.3, -0.25) is 4.79 Å². The lowest BCUT2D eigenvalue weighted by molar-refractivity contribution is -0.158. The maximum absolute atomic E-state index is 12.5. The summed E-state index contributed by atoms with van der Waals surface area (Å²) in [5.74, 6) is 0.996. The van der Waals surface area contributed by atoms with Crippen LogP contribution in [0, 0.1) is 28.6 Å². The summed E-state index contributed by atoms with van der Waals surface area (Å²) in [5, 5.41) is 9.50. The molecule has 26 heavy (non-hydrogen) atoms. The fourth-order valence-electron chi connectivity index (χ4n) is 4.97. The summed E-state index contributed by atoms with van der Waals surface area (Å²) in [6, 6.07) is 2.54. The summed E-state index contributed by atoms with van der Waals surface area (Å²) < 4.78 is 5.85. The molecule has 0 spiro atoms. The number of nitriles is 1. The van der Waals surface area contributed by atoms with Crippen LogP contribution in [0.25, 0.3) is 0 Å². The fraction of sp³-hybridized carbons (Fsp3) is 0.913. The van der Waals surface area contributed by atoms with Gasteiger partial charge in [0.15, 0.2) is 0 Å². The first kappa shape index (κ1) is 21.3. The molecular weight excluding hydrogens is 322 g/mol. The van der Waals surface area contributed by atoms with Gasteiger partial charge in [0.25, 0.3) is 0 Å². The Morgan fingerprint density at radius 1 is 1.00 bits per heavy atom. The lowest BCUT2D eigenvalue weighted by Gasteiger charge is -2.35. The van der Waals surface area contributed by atoms with Gasteiger partial charge in [0.05, 0.1) is 17.4 Å². The van der Waals surface area contributed by atoms with Crippen molar-refractivity contribution in [3.63, 3.8) is 0 Å². The third kappa shape index (κ3) is 6.29. The highest BCUT2D eigenvalue weighted by atomic mass is 16.5. The Morgan fingerprint density at radius 3 is 2.27 bits per heavy atom. The minimum absolute atomic E-state index is 0.0411. The zero-order valence-electron chi connectivity index (χ0n) is 17.1. The molecule has 0 saturated heterocycles. The quantitative estimate of drug-likeness (QED) is 0.345. The molecule has 148 valence electrons. The van der Waals surface area contributed by atoms with Crippen molar-refractivity contribution in [2.75, 3.05) is 0 Å². The van der Waals surface area contributed by atoms with E-state index in [2.05, 4.69) is 19.9 Å². The van der Waals surface area contributed by atoms with Crippen LogP contribution in [-0.4, -0.2) is 12.1 Å². The van der Waals surface area contributed by atoms with E-state index in [9.17, 15) is 10.1 Å². The summed E-state index contributed by atoms with van der Waals surface area (Å²) in [6.45, 7) is 4.40. The topological polar surface area (TPSA) is 50.1 Å². The number of carbonyl (C=O) groups excluding carboxylic acids is 1. The van der Waals surface area contributed by atoms with Crippen molar-refractivity contribution in [3.8, 4) is 6.07 Å². The average Bonchev–Trinajstić information content (AvgIpc) is 2.67. The van der Waals surface area contributed by atoms with E-state index in [-0.39, 0.29) is 23.4 Å². The van der Waals surface area contributed by atoms with Crippen molar-refractivity contribution in [2.45, 2.75) is 116 Å². The second-order valence-corrected chi connectivity index (χ2v) is 8.85. The Balaban J connectivity index is 1.66. The predicted octanol–water partition coefficient (Wildman–Crippen LogP) is 6.56. The van der Waals surface area contributed by atoms with Crippen molar-refractivity contribution in [3.05, 3.63) is 0 Å². The highest BCUT2D eigenvalue weighted by molar-refractivity contribution is 5.72. The molecule has 0 bridgehead atoms. The van der Waals surface area contributed by atoms with Crippen molar-refractivity contribution in [1.29, 1.82) is 5.26 Å². The average molecular weight is 362 g/mol. The number of ether oxygens (including phenoxy) is 1. The maximum Gasteiger partial charge on any atom is 0.309 e. The number of hydrogen-bond acceptors (Lipinski definition) is 3. The summed E-state index contributed by atoms with van der Waals surface area (Å²) in [7, 11) is 0. The molecule has 0 unspecified atom stereocenters. The van der Waals surface area contributed by atoms with E-state index in [0.717, 1.165) is 57.3 Å². The van der Waals surface area contributed by atoms with Crippen LogP contribution in [0.4, 0.5) is 0 Å². The van der Waals surface area contributed by atoms with Crippen LogP contribution < -0.4 is 0 Å². The van der Waals surface area contributed by atoms with Crippen LogP contribution in [-0.2, 0) is 9.53 Å². The normalized spacial score (nSPS) is 32.0. The first-order valence-corrected chi connectivity index (χ1v) is 11.2. The van der Waals surface area contributed by atoms with E-state index >= 15 is 0 Å². The first-order chi connectivity index (χ1) is 12.6. The Bertz CT molecular complexity index is 451. The summed E-state index contributed by atoms with van der Waals surface area (Å²) in [5.41, 5.74) is -0.159. The molecule has 2 fully saturated rings. The minimum Gasteiger partial charge on any atom is -0.462 e. The lowest BCUT2D eigenvalue weighted by atomic mass is 9.71. The zero-order valence-corrected chi connectivity index (χ0v) is 17.1. The Hall–Kier alpha value is -1.04. The van der Waals surface area contributed by atoms with Crippen LogP contribution in [0.2, 0.25) is 0 Å². The van der Waals surface area contributed by atoms with Crippen molar-refractivity contribution in [1.82, 2.24) is 0 Å². The van der Waals surface area contributed by atoms with Crippen LogP contribution >= 0.6 is 0 Å². The third-order valence-corrected chi connectivity index (χ3v) is 6.78. The molecule has 0 aliphatic heterocycles. The minimum atomic E-state index is -0.159. The molecule has 0 radical (unpaired) electrons. The molecular formula is C23H39NO2. The van der Waals surface area contributed by atoms with Gasteiger partial charge >= 0.3 is 5.97 Å². The molecule has 0 heterocycles. The summed E-state index contributed by atoms with van der Waals surface area (Å²) in [4.78, 5) is 12.5. The highest BCUT2D eigenvalue weighted by Crippen LogP contribution is 2.41. The number of nitrogens with zero attached hydrogens (tertiary/aromatic N) is 1. The van der Waals surface area contributed by atoms with Gasteiger partial charge in [0.1, 0.15) is 6.10 Å². The van der Waals surface area contributed by atoms with Crippen LogP contribution in [0.5, 0.6) is 0 Å². The first-order valence-electron chi connectivity index (χ1n) is 11.2.